The van der Waals surface area contributed by atoms with E-state index in [1.165, 1.54) is 0 Å². The van der Waals surface area contributed by atoms with Crippen molar-refractivity contribution in [3.05, 3.63) is 35.9 Å². The second-order valence-corrected chi connectivity index (χ2v) is 3.93. The summed E-state index contributed by atoms with van der Waals surface area (Å²) < 4.78 is 0. The van der Waals surface area contributed by atoms with E-state index in [9.17, 15) is 4.79 Å². The van der Waals surface area contributed by atoms with Crippen molar-refractivity contribution in [3.63, 3.8) is 0 Å². The molecule has 0 saturated carbocycles. The maximum atomic E-state index is 11.8. The quantitative estimate of drug-likeness (QED) is 0.307. The van der Waals surface area contributed by atoms with E-state index in [4.69, 9.17) is 10.9 Å². The van der Waals surface area contributed by atoms with Gasteiger partial charge in [0.05, 0.1) is 5.54 Å². The second-order valence-electron chi connectivity index (χ2n) is 3.93. The minimum Gasteiger partial charge on any atom is -0.409 e. The predicted molar refractivity (Wildman–Crippen MR) is 61.4 cm³/mol. The van der Waals surface area contributed by atoms with Crippen LogP contribution in [0.3, 0.4) is 0 Å². The number of oxime groups is 1. The summed E-state index contributed by atoms with van der Waals surface area (Å²) in [6.45, 7) is 3.31. The van der Waals surface area contributed by atoms with Gasteiger partial charge in [0.1, 0.15) is 0 Å². The summed E-state index contributed by atoms with van der Waals surface area (Å²) in [6.07, 6.45) is 0. The summed E-state index contributed by atoms with van der Waals surface area (Å²) in [5.41, 5.74) is 5.10. The molecule has 86 valence electrons. The number of carbonyl (C=O) groups excluding carboxylic acids is 1. The Morgan fingerprint density at radius 3 is 2.44 bits per heavy atom. The smallest absolute Gasteiger partial charge is 0.252 e. The largest absolute Gasteiger partial charge is 0.409 e. The predicted octanol–water partition coefficient (Wildman–Crippen LogP) is 0.941. The molecule has 0 aliphatic heterocycles. The zero-order valence-corrected chi connectivity index (χ0v) is 9.27. The van der Waals surface area contributed by atoms with Crippen molar-refractivity contribution in [3.8, 4) is 0 Å². The minimum absolute atomic E-state index is 0.0446. The van der Waals surface area contributed by atoms with Crippen LogP contribution in [0.1, 0.15) is 24.2 Å². The monoisotopic (exact) mass is 221 g/mol. The SMILES string of the molecule is CC(C)(NC(=O)c1ccccc1)/C(N)=N/O. The lowest BCUT2D eigenvalue weighted by atomic mass is 10.0. The third-order valence-corrected chi connectivity index (χ3v) is 2.21. The molecule has 0 unspecified atom stereocenters. The maximum absolute atomic E-state index is 11.8. The molecule has 1 aromatic carbocycles. The van der Waals surface area contributed by atoms with Gasteiger partial charge in [-0.2, -0.15) is 0 Å². The first-order chi connectivity index (χ1) is 7.47. The molecule has 0 radical (unpaired) electrons. The summed E-state index contributed by atoms with van der Waals surface area (Å²) in [7, 11) is 0. The van der Waals surface area contributed by atoms with Gasteiger partial charge < -0.3 is 16.3 Å². The van der Waals surface area contributed by atoms with Crippen molar-refractivity contribution in [2.75, 3.05) is 0 Å². The van der Waals surface area contributed by atoms with Crippen LogP contribution >= 0.6 is 0 Å². The Labute approximate surface area is 94.0 Å². The molecule has 0 aromatic heterocycles. The topological polar surface area (TPSA) is 87.7 Å². The molecular weight excluding hydrogens is 206 g/mol. The van der Waals surface area contributed by atoms with E-state index in [0.717, 1.165) is 0 Å². The minimum atomic E-state index is -0.887. The van der Waals surface area contributed by atoms with Gasteiger partial charge in [-0.15, -0.1) is 0 Å². The number of amidine groups is 1. The molecule has 0 bridgehead atoms. The number of amides is 1. The highest BCUT2D eigenvalue weighted by atomic mass is 16.4. The molecule has 5 nitrogen and oxygen atoms in total. The lowest BCUT2D eigenvalue weighted by Gasteiger charge is -2.24. The van der Waals surface area contributed by atoms with Crippen molar-refractivity contribution in [2.24, 2.45) is 10.9 Å². The third kappa shape index (κ3) is 2.73. The van der Waals surface area contributed by atoms with Gasteiger partial charge in [0.25, 0.3) is 5.91 Å². The summed E-state index contributed by atoms with van der Waals surface area (Å²) in [6, 6.07) is 8.75. The number of nitrogens with one attached hydrogen (secondary N) is 1. The number of carbonyl (C=O) groups is 1. The number of hydrogen-bond acceptors (Lipinski definition) is 3. The van der Waals surface area contributed by atoms with Crippen LogP contribution in [0, 0.1) is 0 Å². The fourth-order valence-electron chi connectivity index (χ4n) is 1.13. The lowest BCUT2D eigenvalue weighted by molar-refractivity contribution is 0.0931. The number of nitrogens with zero attached hydrogens (tertiary/aromatic N) is 1. The van der Waals surface area contributed by atoms with Crippen molar-refractivity contribution >= 4 is 11.7 Å². The van der Waals surface area contributed by atoms with E-state index >= 15 is 0 Å². The van der Waals surface area contributed by atoms with Gasteiger partial charge >= 0.3 is 0 Å². The lowest BCUT2D eigenvalue weighted by Crippen LogP contribution is -2.53. The molecule has 16 heavy (non-hydrogen) atoms. The van der Waals surface area contributed by atoms with Crippen LogP contribution in [0.4, 0.5) is 0 Å². The molecule has 0 saturated heterocycles. The zero-order valence-electron chi connectivity index (χ0n) is 9.27. The fourth-order valence-corrected chi connectivity index (χ4v) is 1.13. The van der Waals surface area contributed by atoms with Crippen LogP contribution < -0.4 is 11.1 Å². The van der Waals surface area contributed by atoms with E-state index in [1.807, 2.05) is 6.07 Å². The number of hydrogen-bond donors (Lipinski definition) is 3. The van der Waals surface area contributed by atoms with Gasteiger partial charge in [-0.05, 0) is 26.0 Å². The summed E-state index contributed by atoms with van der Waals surface area (Å²) in [5, 5.41) is 14.1. The Kier molecular flexibility index (Phi) is 3.50. The van der Waals surface area contributed by atoms with Crippen molar-refractivity contribution < 1.29 is 10.0 Å². The molecular formula is C11H15N3O2. The molecule has 1 aromatic rings. The second kappa shape index (κ2) is 4.65. The van der Waals surface area contributed by atoms with Crippen LogP contribution in [-0.2, 0) is 0 Å². The van der Waals surface area contributed by atoms with Crippen LogP contribution in [0.15, 0.2) is 35.5 Å². The number of nitrogens with two attached hydrogens (primary N) is 1. The van der Waals surface area contributed by atoms with Gasteiger partial charge in [0, 0.05) is 5.56 Å². The van der Waals surface area contributed by atoms with Crippen LogP contribution in [0.2, 0.25) is 0 Å². The maximum Gasteiger partial charge on any atom is 0.252 e. The highest BCUT2D eigenvalue weighted by Gasteiger charge is 2.25. The number of rotatable bonds is 3. The summed E-state index contributed by atoms with van der Waals surface area (Å²) in [5.74, 6) is -0.311. The molecule has 0 heterocycles. The number of benzene rings is 1. The van der Waals surface area contributed by atoms with Crippen molar-refractivity contribution in [1.82, 2.24) is 5.32 Å². The molecule has 0 aliphatic carbocycles. The van der Waals surface area contributed by atoms with Crippen LogP contribution in [0.25, 0.3) is 0 Å². The van der Waals surface area contributed by atoms with Gasteiger partial charge in [-0.1, -0.05) is 23.4 Å². The van der Waals surface area contributed by atoms with Gasteiger partial charge in [-0.25, -0.2) is 0 Å². The van der Waals surface area contributed by atoms with E-state index in [0.29, 0.717) is 5.56 Å². The molecule has 5 heteroatoms. The van der Waals surface area contributed by atoms with Crippen LogP contribution in [-0.4, -0.2) is 22.5 Å². The van der Waals surface area contributed by atoms with Gasteiger partial charge in [0.15, 0.2) is 5.84 Å². The Bertz CT molecular complexity index is 399. The molecule has 0 spiro atoms. The van der Waals surface area contributed by atoms with Gasteiger partial charge in [-0.3, -0.25) is 4.79 Å². The average molecular weight is 221 g/mol. The summed E-state index contributed by atoms with van der Waals surface area (Å²) in [4.78, 5) is 11.8. The molecule has 0 fully saturated rings. The molecule has 4 N–H and O–H groups in total. The Hall–Kier alpha value is -2.04. The molecule has 0 aliphatic rings. The first-order valence-electron chi connectivity index (χ1n) is 4.83. The van der Waals surface area contributed by atoms with Crippen molar-refractivity contribution in [1.29, 1.82) is 0 Å². The first-order valence-corrected chi connectivity index (χ1v) is 4.83. The van der Waals surface area contributed by atoms with Gasteiger partial charge in [0.2, 0.25) is 0 Å². The van der Waals surface area contributed by atoms with Crippen molar-refractivity contribution in [2.45, 2.75) is 19.4 Å². The highest BCUT2D eigenvalue weighted by molar-refractivity contribution is 5.99. The molecule has 1 amide bonds. The van der Waals surface area contributed by atoms with Crippen LogP contribution in [0.5, 0.6) is 0 Å². The first kappa shape index (κ1) is 12.0. The summed E-state index contributed by atoms with van der Waals surface area (Å²) >= 11 is 0. The standard InChI is InChI=1S/C11H15N3O2/c1-11(2,10(12)14-16)13-9(15)8-6-4-3-5-7-8/h3-7,16H,1-2H3,(H2,12,14)(H,13,15). The van der Waals surface area contributed by atoms with E-state index < -0.39 is 5.54 Å². The normalized spacial score (nSPS) is 12.2. The Morgan fingerprint density at radius 1 is 1.38 bits per heavy atom. The van der Waals surface area contributed by atoms with E-state index in [-0.39, 0.29) is 11.7 Å². The third-order valence-electron chi connectivity index (χ3n) is 2.21. The zero-order chi connectivity index (χ0) is 12.2. The van der Waals surface area contributed by atoms with E-state index in [1.54, 1.807) is 38.1 Å². The van der Waals surface area contributed by atoms with E-state index in [2.05, 4.69) is 10.5 Å². The average Bonchev–Trinajstić information content (AvgIpc) is 2.28. The Morgan fingerprint density at radius 2 is 1.94 bits per heavy atom. The molecule has 0 atom stereocenters. The highest BCUT2D eigenvalue weighted by Crippen LogP contribution is 2.05. The fraction of sp³-hybridized carbons (Fsp3) is 0.273. The molecule has 1 rings (SSSR count). The Balaban J connectivity index is 2.80.